The fourth-order valence-corrected chi connectivity index (χ4v) is 4.52. The van der Waals surface area contributed by atoms with Crippen LogP contribution in [-0.2, 0) is 4.79 Å². The lowest BCUT2D eigenvalue weighted by Gasteiger charge is -2.17. The first-order valence-corrected chi connectivity index (χ1v) is 11.9. The van der Waals surface area contributed by atoms with Crippen molar-refractivity contribution in [3.05, 3.63) is 66.5 Å². The lowest BCUT2D eigenvalue weighted by Crippen LogP contribution is -2.27. The molecule has 3 aromatic rings. The van der Waals surface area contributed by atoms with E-state index >= 15 is 0 Å². The van der Waals surface area contributed by atoms with Crippen LogP contribution in [0.1, 0.15) is 30.9 Å². The predicted molar refractivity (Wildman–Crippen MR) is 134 cm³/mol. The van der Waals surface area contributed by atoms with E-state index in [-0.39, 0.29) is 11.9 Å². The Hall–Kier alpha value is -4.27. The highest BCUT2D eigenvalue weighted by Crippen LogP contribution is 2.37. The van der Waals surface area contributed by atoms with Gasteiger partial charge in [0.25, 0.3) is 5.91 Å². The summed E-state index contributed by atoms with van der Waals surface area (Å²) in [5, 5.41) is 14.1. The zero-order valence-electron chi connectivity index (χ0n) is 19.1. The molecule has 6 rings (SSSR count). The van der Waals surface area contributed by atoms with E-state index in [1.54, 1.807) is 11.2 Å². The maximum Gasteiger partial charge on any atom is 0.321 e. The number of benzene rings is 2. The number of rotatable bonds is 6. The van der Waals surface area contributed by atoms with Crippen LogP contribution in [0, 0.1) is 0 Å². The van der Waals surface area contributed by atoms with Gasteiger partial charge in [-0.25, -0.2) is 4.79 Å². The first-order valence-electron chi connectivity index (χ1n) is 11.9. The normalized spacial score (nSPS) is 17.6. The second-order valence-electron chi connectivity index (χ2n) is 8.94. The van der Waals surface area contributed by atoms with Crippen LogP contribution in [0.2, 0.25) is 0 Å². The Morgan fingerprint density at radius 1 is 1.09 bits per heavy atom. The molecule has 2 N–H and O–H groups in total. The van der Waals surface area contributed by atoms with Gasteiger partial charge in [-0.2, -0.15) is 0 Å². The van der Waals surface area contributed by atoms with E-state index in [0.717, 1.165) is 47.5 Å². The van der Waals surface area contributed by atoms with Crippen molar-refractivity contribution in [2.45, 2.75) is 25.3 Å². The molecule has 0 bridgehead atoms. The molecule has 3 amide bonds. The topological polar surface area (TPSA) is 105 Å². The first kappa shape index (κ1) is 21.3. The Morgan fingerprint density at radius 2 is 1.94 bits per heavy atom. The molecule has 3 aliphatic rings. The number of nitrogens with one attached hydrogen (secondary N) is 2. The van der Waals surface area contributed by atoms with Gasteiger partial charge in [-0.1, -0.05) is 24.3 Å². The molecule has 2 fully saturated rings. The number of aromatic nitrogens is 3. The average Bonchev–Trinajstić information content (AvgIpc) is 3.45. The van der Waals surface area contributed by atoms with Gasteiger partial charge in [-0.15, -0.1) is 10.2 Å². The van der Waals surface area contributed by atoms with Crippen molar-refractivity contribution in [2.24, 2.45) is 4.99 Å². The number of urea groups is 1. The van der Waals surface area contributed by atoms with Crippen LogP contribution in [-0.4, -0.2) is 52.0 Å². The number of hydrogen-bond acceptors (Lipinski definition) is 5. The van der Waals surface area contributed by atoms with Crippen LogP contribution in [0.4, 0.5) is 16.2 Å². The number of dihydropyridines is 1. The number of hydrogen-bond donors (Lipinski definition) is 2. The van der Waals surface area contributed by atoms with Crippen molar-refractivity contribution in [3.63, 3.8) is 0 Å². The minimum atomic E-state index is -0.242. The zero-order valence-corrected chi connectivity index (χ0v) is 19.1. The van der Waals surface area contributed by atoms with Gasteiger partial charge < -0.3 is 15.2 Å². The Balaban J connectivity index is 1.17. The molecule has 1 saturated heterocycles. The Morgan fingerprint density at radius 3 is 2.71 bits per heavy atom. The fourth-order valence-electron chi connectivity index (χ4n) is 4.52. The van der Waals surface area contributed by atoms with E-state index in [1.165, 1.54) is 0 Å². The van der Waals surface area contributed by atoms with Gasteiger partial charge in [0.15, 0.2) is 5.82 Å². The SMILES string of the molecule is O=C(Nc1cccc(-c2nncn2C2CC2)c1)C1=NCCC(c2ccc(N3CCNC3=O)cc2)=C1. The Bertz CT molecular complexity index is 1350. The van der Waals surface area contributed by atoms with Crippen LogP contribution in [0.5, 0.6) is 0 Å². The standard InChI is InChI=1S/C26H25N7O2/c34-25(30-20-3-1-2-19(14-20)24-31-29-16-33(24)22-8-9-22)23-15-18(10-11-27-23)17-4-6-21(7-5-17)32-13-12-28-26(32)35/h1-7,14-16,22H,8-13H2,(H,28,35)(H,30,34). The lowest BCUT2D eigenvalue weighted by atomic mass is 9.98. The van der Waals surface area contributed by atoms with E-state index in [0.29, 0.717) is 37.1 Å². The second-order valence-corrected chi connectivity index (χ2v) is 8.94. The van der Waals surface area contributed by atoms with Gasteiger partial charge in [0.2, 0.25) is 0 Å². The molecular formula is C26H25N7O2. The summed E-state index contributed by atoms with van der Waals surface area (Å²) in [5.41, 5.74) is 4.95. The van der Waals surface area contributed by atoms with E-state index in [9.17, 15) is 9.59 Å². The van der Waals surface area contributed by atoms with Crippen LogP contribution >= 0.6 is 0 Å². The molecule has 35 heavy (non-hydrogen) atoms. The summed E-state index contributed by atoms with van der Waals surface area (Å²) in [7, 11) is 0. The van der Waals surface area contributed by atoms with Crippen LogP contribution in [0.15, 0.2) is 65.9 Å². The van der Waals surface area contributed by atoms with Crippen molar-refractivity contribution in [3.8, 4) is 11.4 Å². The molecule has 2 aliphatic heterocycles. The third-order valence-electron chi connectivity index (χ3n) is 6.51. The summed E-state index contributed by atoms with van der Waals surface area (Å²) in [6.45, 7) is 1.87. The molecule has 1 aliphatic carbocycles. The minimum Gasteiger partial charge on any atom is -0.336 e. The van der Waals surface area contributed by atoms with Gasteiger partial charge in [-0.3, -0.25) is 14.7 Å². The monoisotopic (exact) mass is 467 g/mol. The minimum absolute atomic E-state index is 0.0717. The van der Waals surface area contributed by atoms with Crippen LogP contribution in [0.25, 0.3) is 17.0 Å². The van der Waals surface area contributed by atoms with Gasteiger partial charge in [0, 0.05) is 42.6 Å². The molecule has 1 saturated carbocycles. The Kier molecular flexibility index (Phi) is 5.36. The summed E-state index contributed by atoms with van der Waals surface area (Å²) in [4.78, 5) is 31.1. The third kappa shape index (κ3) is 4.32. The van der Waals surface area contributed by atoms with Crippen molar-refractivity contribution >= 4 is 34.6 Å². The smallest absolute Gasteiger partial charge is 0.321 e. The quantitative estimate of drug-likeness (QED) is 0.577. The number of nitrogens with zero attached hydrogens (tertiary/aromatic N) is 5. The summed E-state index contributed by atoms with van der Waals surface area (Å²) in [6.07, 6.45) is 6.67. The van der Waals surface area contributed by atoms with Crippen LogP contribution < -0.4 is 15.5 Å². The number of carbonyl (C=O) groups is 2. The van der Waals surface area contributed by atoms with Crippen molar-refractivity contribution in [2.75, 3.05) is 29.9 Å². The molecule has 3 heterocycles. The molecule has 0 unspecified atom stereocenters. The molecule has 0 spiro atoms. The second kappa shape index (κ2) is 8.83. The van der Waals surface area contributed by atoms with E-state index in [2.05, 4.69) is 30.4 Å². The van der Waals surface area contributed by atoms with Gasteiger partial charge >= 0.3 is 6.03 Å². The highest BCUT2D eigenvalue weighted by molar-refractivity contribution is 6.48. The molecule has 0 radical (unpaired) electrons. The van der Waals surface area contributed by atoms with Crippen molar-refractivity contribution < 1.29 is 9.59 Å². The highest BCUT2D eigenvalue weighted by atomic mass is 16.2. The number of aliphatic imine (C=N–C) groups is 1. The summed E-state index contributed by atoms with van der Waals surface area (Å²) < 4.78 is 2.10. The van der Waals surface area contributed by atoms with E-state index < -0.39 is 0 Å². The van der Waals surface area contributed by atoms with E-state index in [4.69, 9.17) is 0 Å². The summed E-state index contributed by atoms with van der Waals surface area (Å²) in [5.74, 6) is 0.573. The molecule has 176 valence electrons. The summed E-state index contributed by atoms with van der Waals surface area (Å²) >= 11 is 0. The molecule has 1 aromatic heterocycles. The number of anilines is 2. The van der Waals surface area contributed by atoms with Crippen molar-refractivity contribution in [1.82, 2.24) is 20.1 Å². The average molecular weight is 468 g/mol. The molecule has 0 atom stereocenters. The maximum absolute atomic E-state index is 13.0. The van der Waals surface area contributed by atoms with Gasteiger partial charge in [0.1, 0.15) is 12.0 Å². The zero-order chi connectivity index (χ0) is 23.8. The number of amides is 3. The molecular weight excluding hydrogens is 442 g/mol. The van der Waals surface area contributed by atoms with Crippen LogP contribution in [0.3, 0.4) is 0 Å². The van der Waals surface area contributed by atoms with Crippen molar-refractivity contribution in [1.29, 1.82) is 0 Å². The lowest BCUT2D eigenvalue weighted by molar-refractivity contribution is -0.110. The fraction of sp³-hybridized carbons (Fsp3) is 0.269. The molecule has 9 nitrogen and oxygen atoms in total. The first-order chi connectivity index (χ1) is 17.2. The third-order valence-corrected chi connectivity index (χ3v) is 6.51. The van der Waals surface area contributed by atoms with Gasteiger partial charge in [0.05, 0.1) is 0 Å². The van der Waals surface area contributed by atoms with Gasteiger partial charge in [-0.05, 0) is 60.7 Å². The Labute approximate surface area is 202 Å². The predicted octanol–water partition coefficient (Wildman–Crippen LogP) is 3.68. The summed E-state index contributed by atoms with van der Waals surface area (Å²) in [6, 6.07) is 15.9. The molecule has 9 heteroatoms. The maximum atomic E-state index is 13.0. The molecule has 2 aromatic carbocycles. The largest absolute Gasteiger partial charge is 0.336 e. The number of carbonyl (C=O) groups excluding carboxylic acids is 2. The highest BCUT2D eigenvalue weighted by Gasteiger charge is 2.27. The van der Waals surface area contributed by atoms with E-state index in [1.807, 2.05) is 54.6 Å².